The molecule has 27 heavy (non-hydrogen) atoms. The van der Waals surface area contributed by atoms with Crippen LogP contribution in [-0.4, -0.2) is 46.3 Å². The van der Waals surface area contributed by atoms with E-state index >= 15 is 0 Å². The first kappa shape index (κ1) is 18.8. The van der Waals surface area contributed by atoms with E-state index in [9.17, 15) is 9.59 Å². The van der Waals surface area contributed by atoms with Crippen LogP contribution in [0.25, 0.3) is 0 Å². The summed E-state index contributed by atoms with van der Waals surface area (Å²) >= 11 is 0. The summed E-state index contributed by atoms with van der Waals surface area (Å²) in [6.45, 7) is 8.86. The largest absolute Gasteiger partial charge is 0.377 e. The van der Waals surface area contributed by atoms with Crippen molar-refractivity contribution in [1.29, 1.82) is 0 Å². The molecule has 0 saturated carbocycles. The second kappa shape index (κ2) is 7.75. The van der Waals surface area contributed by atoms with E-state index < -0.39 is 0 Å². The Balaban J connectivity index is 1.85. The number of carbonyl (C=O) groups is 2. The predicted octanol–water partition coefficient (Wildman–Crippen LogP) is 2.38. The molecule has 2 aromatic rings. The van der Waals surface area contributed by atoms with Gasteiger partial charge in [-0.15, -0.1) is 0 Å². The molecule has 2 heterocycles. The minimum Gasteiger partial charge on any atom is -0.377 e. The van der Waals surface area contributed by atoms with E-state index in [1.54, 1.807) is 24.3 Å². The molecule has 2 amide bonds. The molecule has 1 saturated heterocycles. The fourth-order valence-electron chi connectivity index (χ4n) is 3.41. The molecule has 0 bridgehead atoms. The van der Waals surface area contributed by atoms with Crippen molar-refractivity contribution in [2.24, 2.45) is 7.05 Å². The quantitative estimate of drug-likeness (QED) is 0.841. The number of nitrogens with zero attached hydrogens (tertiary/aromatic N) is 3. The Morgan fingerprint density at radius 1 is 1.30 bits per heavy atom. The van der Waals surface area contributed by atoms with Gasteiger partial charge in [-0.3, -0.25) is 14.3 Å². The molecule has 0 spiro atoms. The second-order valence-electron chi connectivity index (χ2n) is 6.57. The smallest absolute Gasteiger partial charge is 0.254 e. The van der Waals surface area contributed by atoms with Gasteiger partial charge in [-0.25, -0.2) is 0 Å². The van der Waals surface area contributed by atoms with Crippen LogP contribution >= 0.6 is 0 Å². The number of hydrogen-bond acceptors (Lipinski definition) is 4. The van der Waals surface area contributed by atoms with E-state index in [1.807, 2.05) is 30.5 Å². The standard InChI is InChI=1S/C20H24N4O3/c1-5-18(25)21-16-8-6-15(7-9-16)20(26)24-10-11-27-12-17(24)19-13(2)22-23(4)14(19)3/h5-9,17H,1,10-12H2,2-4H3,(H,21,25). The highest BCUT2D eigenvalue weighted by Gasteiger charge is 2.32. The Morgan fingerprint density at radius 3 is 2.59 bits per heavy atom. The third-order valence-corrected chi connectivity index (χ3v) is 4.87. The summed E-state index contributed by atoms with van der Waals surface area (Å²) in [4.78, 5) is 26.4. The Morgan fingerprint density at radius 2 is 2.00 bits per heavy atom. The molecule has 1 aliphatic rings. The number of carbonyl (C=O) groups excluding carboxylic acids is 2. The van der Waals surface area contributed by atoms with E-state index in [2.05, 4.69) is 17.0 Å². The van der Waals surface area contributed by atoms with Crippen LogP contribution in [0.15, 0.2) is 36.9 Å². The van der Waals surface area contributed by atoms with Crippen molar-refractivity contribution < 1.29 is 14.3 Å². The van der Waals surface area contributed by atoms with Crippen molar-refractivity contribution in [3.05, 3.63) is 59.4 Å². The molecular weight excluding hydrogens is 344 g/mol. The molecule has 0 radical (unpaired) electrons. The predicted molar refractivity (Wildman–Crippen MR) is 103 cm³/mol. The minimum atomic E-state index is -0.287. The molecule has 1 aromatic carbocycles. The molecule has 1 atom stereocenters. The van der Waals surface area contributed by atoms with Crippen LogP contribution in [0.1, 0.15) is 33.4 Å². The summed E-state index contributed by atoms with van der Waals surface area (Å²) in [5.41, 5.74) is 4.17. The number of morpholine rings is 1. The highest BCUT2D eigenvalue weighted by Crippen LogP contribution is 2.30. The number of ether oxygens (including phenoxy) is 1. The third-order valence-electron chi connectivity index (χ3n) is 4.87. The highest BCUT2D eigenvalue weighted by atomic mass is 16.5. The molecule has 142 valence electrons. The zero-order valence-electron chi connectivity index (χ0n) is 15.9. The first-order valence-corrected chi connectivity index (χ1v) is 8.84. The van der Waals surface area contributed by atoms with Crippen LogP contribution in [0.3, 0.4) is 0 Å². The second-order valence-corrected chi connectivity index (χ2v) is 6.57. The van der Waals surface area contributed by atoms with Gasteiger partial charge in [0.25, 0.3) is 5.91 Å². The van der Waals surface area contributed by atoms with Gasteiger partial charge in [0.05, 0.1) is 24.9 Å². The Hall–Kier alpha value is -2.93. The van der Waals surface area contributed by atoms with Gasteiger partial charge in [-0.1, -0.05) is 6.58 Å². The maximum absolute atomic E-state index is 13.1. The molecular formula is C20H24N4O3. The van der Waals surface area contributed by atoms with Gasteiger partial charge in [0.15, 0.2) is 0 Å². The molecule has 1 fully saturated rings. The lowest BCUT2D eigenvalue weighted by Crippen LogP contribution is -2.43. The lowest BCUT2D eigenvalue weighted by Gasteiger charge is -2.36. The van der Waals surface area contributed by atoms with E-state index in [-0.39, 0.29) is 17.9 Å². The van der Waals surface area contributed by atoms with Gasteiger partial charge in [0.1, 0.15) is 0 Å². The molecule has 7 nitrogen and oxygen atoms in total. The minimum absolute atomic E-state index is 0.0625. The number of benzene rings is 1. The number of aromatic nitrogens is 2. The van der Waals surface area contributed by atoms with Gasteiger partial charge < -0.3 is 15.0 Å². The summed E-state index contributed by atoms with van der Waals surface area (Å²) in [5, 5.41) is 7.15. The van der Waals surface area contributed by atoms with E-state index in [4.69, 9.17) is 4.74 Å². The number of nitrogens with one attached hydrogen (secondary N) is 1. The maximum Gasteiger partial charge on any atom is 0.254 e. The lowest BCUT2D eigenvalue weighted by molar-refractivity contribution is -0.111. The van der Waals surface area contributed by atoms with Crippen molar-refractivity contribution in [3.8, 4) is 0 Å². The average molecular weight is 368 g/mol. The fraction of sp³-hybridized carbons (Fsp3) is 0.350. The van der Waals surface area contributed by atoms with Gasteiger partial charge in [-0.05, 0) is 44.2 Å². The SMILES string of the molecule is C=CC(=O)Nc1ccc(C(=O)N2CCOCC2c2c(C)nn(C)c2C)cc1. The summed E-state index contributed by atoms with van der Waals surface area (Å²) < 4.78 is 7.49. The van der Waals surface area contributed by atoms with Crippen molar-refractivity contribution in [1.82, 2.24) is 14.7 Å². The third kappa shape index (κ3) is 3.78. The zero-order valence-corrected chi connectivity index (χ0v) is 15.9. The average Bonchev–Trinajstić information content (AvgIpc) is 2.93. The molecule has 0 aliphatic carbocycles. The summed E-state index contributed by atoms with van der Waals surface area (Å²) in [6.07, 6.45) is 1.20. The number of amides is 2. The first-order valence-electron chi connectivity index (χ1n) is 8.84. The Kier molecular flexibility index (Phi) is 5.41. The topological polar surface area (TPSA) is 76.5 Å². The van der Waals surface area contributed by atoms with E-state index in [1.165, 1.54) is 6.08 Å². The highest BCUT2D eigenvalue weighted by molar-refractivity contribution is 5.99. The lowest BCUT2D eigenvalue weighted by atomic mass is 10.0. The molecule has 7 heteroatoms. The van der Waals surface area contributed by atoms with Crippen LogP contribution < -0.4 is 5.32 Å². The molecule has 1 N–H and O–H groups in total. The summed E-state index contributed by atoms with van der Waals surface area (Å²) in [6, 6.07) is 6.70. The van der Waals surface area contributed by atoms with E-state index in [0.29, 0.717) is 31.0 Å². The first-order chi connectivity index (χ1) is 12.9. The normalized spacial score (nSPS) is 16.9. The number of rotatable bonds is 4. The molecule has 3 rings (SSSR count). The number of hydrogen-bond donors (Lipinski definition) is 1. The van der Waals surface area contributed by atoms with Crippen molar-refractivity contribution in [2.45, 2.75) is 19.9 Å². The monoisotopic (exact) mass is 368 g/mol. The summed E-state index contributed by atoms with van der Waals surface area (Å²) in [7, 11) is 1.90. The van der Waals surface area contributed by atoms with Gasteiger partial charge in [-0.2, -0.15) is 5.10 Å². The molecule has 1 aromatic heterocycles. The Bertz CT molecular complexity index is 870. The van der Waals surface area contributed by atoms with Gasteiger partial charge >= 0.3 is 0 Å². The maximum atomic E-state index is 13.1. The molecule has 1 unspecified atom stereocenters. The van der Waals surface area contributed by atoms with Crippen molar-refractivity contribution in [2.75, 3.05) is 25.1 Å². The van der Waals surface area contributed by atoms with Gasteiger partial charge in [0, 0.05) is 36.1 Å². The van der Waals surface area contributed by atoms with Crippen LogP contribution in [0, 0.1) is 13.8 Å². The van der Waals surface area contributed by atoms with E-state index in [0.717, 1.165) is 17.0 Å². The van der Waals surface area contributed by atoms with Crippen LogP contribution in [-0.2, 0) is 16.6 Å². The zero-order chi connectivity index (χ0) is 19.6. The number of anilines is 1. The van der Waals surface area contributed by atoms with Gasteiger partial charge in [0.2, 0.25) is 5.91 Å². The van der Waals surface area contributed by atoms with Crippen LogP contribution in [0.2, 0.25) is 0 Å². The van der Waals surface area contributed by atoms with Crippen molar-refractivity contribution >= 4 is 17.5 Å². The van der Waals surface area contributed by atoms with Crippen LogP contribution in [0.5, 0.6) is 0 Å². The molecule has 1 aliphatic heterocycles. The summed E-state index contributed by atoms with van der Waals surface area (Å²) in [5.74, 6) is -0.350. The number of aryl methyl sites for hydroxylation is 2. The van der Waals surface area contributed by atoms with Crippen LogP contribution in [0.4, 0.5) is 5.69 Å². The fourth-order valence-corrected chi connectivity index (χ4v) is 3.41. The van der Waals surface area contributed by atoms with Crippen molar-refractivity contribution in [3.63, 3.8) is 0 Å². The Labute approximate surface area is 158 Å².